The molecule has 4 rings (SSSR count). The molecule has 5 nitrogen and oxygen atoms in total. The van der Waals surface area contributed by atoms with Gasteiger partial charge in [-0.25, -0.2) is 0 Å². The number of hydrogen-bond donors (Lipinski definition) is 1. The number of carbonyl (C=O) groups is 1. The highest BCUT2D eigenvalue weighted by Gasteiger charge is 2.24. The zero-order valence-electron chi connectivity index (χ0n) is 19.9. The van der Waals surface area contributed by atoms with Crippen molar-refractivity contribution in [2.75, 3.05) is 27.3 Å². The second-order valence-electron chi connectivity index (χ2n) is 8.75. The van der Waals surface area contributed by atoms with Crippen LogP contribution in [0.1, 0.15) is 45.0 Å². The topological polar surface area (TPSA) is 50.8 Å². The van der Waals surface area contributed by atoms with E-state index in [-0.39, 0.29) is 5.91 Å². The van der Waals surface area contributed by atoms with Gasteiger partial charge in [-0.3, -0.25) is 9.69 Å². The van der Waals surface area contributed by atoms with Crippen LogP contribution in [-0.4, -0.2) is 38.1 Å². The van der Waals surface area contributed by atoms with E-state index in [0.29, 0.717) is 23.0 Å². The summed E-state index contributed by atoms with van der Waals surface area (Å²) in [7, 11) is 3.32. The smallest absolute Gasteiger partial charge is 0.251 e. The van der Waals surface area contributed by atoms with Crippen LogP contribution in [-0.2, 0) is 13.1 Å². The molecule has 1 aliphatic heterocycles. The van der Waals surface area contributed by atoms with E-state index in [2.05, 4.69) is 46.6 Å². The van der Waals surface area contributed by atoms with Crippen molar-refractivity contribution < 1.29 is 14.3 Å². The second kappa shape index (κ2) is 10.9. The molecule has 0 aliphatic carbocycles. The summed E-state index contributed by atoms with van der Waals surface area (Å²) in [6.45, 7) is 5.29. The lowest BCUT2D eigenvalue weighted by molar-refractivity contribution is 0.0950. The Morgan fingerprint density at radius 2 is 1.82 bits per heavy atom. The average Bonchev–Trinajstić information content (AvgIpc) is 3.33. The summed E-state index contributed by atoms with van der Waals surface area (Å²) in [6, 6.07) is 20.1. The number of rotatable bonds is 8. The number of amides is 1. The van der Waals surface area contributed by atoms with Gasteiger partial charge in [0.1, 0.15) is 0 Å². The van der Waals surface area contributed by atoms with Crippen molar-refractivity contribution in [3.05, 3.63) is 93.5 Å². The molecule has 1 atom stereocenters. The summed E-state index contributed by atoms with van der Waals surface area (Å²) in [5.74, 6) is 1.89. The van der Waals surface area contributed by atoms with E-state index in [1.54, 1.807) is 32.4 Å². The van der Waals surface area contributed by atoms with E-state index >= 15 is 0 Å². The van der Waals surface area contributed by atoms with E-state index < -0.39 is 0 Å². The van der Waals surface area contributed by atoms with Crippen LogP contribution in [0.2, 0.25) is 5.02 Å². The Hall–Kier alpha value is -3.02. The van der Waals surface area contributed by atoms with Crippen LogP contribution in [0.3, 0.4) is 0 Å². The number of hydrogen-bond acceptors (Lipinski definition) is 4. The molecule has 1 aliphatic rings. The van der Waals surface area contributed by atoms with E-state index in [1.165, 1.54) is 11.1 Å². The first-order valence-corrected chi connectivity index (χ1v) is 11.9. The minimum absolute atomic E-state index is 0.104. The Morgan fingerprint density at radius 1 is 1.03 bits per heavy atom. The fraction of sp³-hybridized carbons (Fsp3) is 0.321. The quantitative estimate of drug-likeness (QED) is 0.459. The summed E-state index contributed by atoms with van der Waals surface area (Å²) in [4.78, 5) is 15.1. The summed E-state index contributed by atoms with van der Waals surface area (Å²) < 4.78 is 10.8. The minimum Gasteiger partial charge on any atom is -0.493 e. The van der Waals surface area contributed by atoms with E-state index in [9.17, 15) is 4.79 Å². The molecule has 0 saturated carbocycles. The summed E-state index contributed by atoms with van der Waals surface area (Å²) in [5.41, 5.74) is 5.05. The highest BCUT2D eigenvalue weighted by Crippen LogP contribution is 2.31. The first-order chi connectivity index (χ1) is 16.5. The van der Waals surface area contributed by atoms with E-state index in [1.807, 2.05) is 13.0 Å². The summed E-state index contributed by atoms with van der Waals surface area (Å²) in [5, 5.41) is 3.64. The van der Waals surface area contributed by atoms with Crippen molar-refractivity contribution in [2.24, 2.45) is 0 Å². The molecule has 6 heteroatoms. The Morgan fingerprint density at radius 3 is 2.62 bits per heavy atom. The third-order valence-electron chi connectivity index (χ3n) is 6.51. The Labute approximate surface area is 206 Å². The summed E-state index contributed by atoms with van der Waals surface area (Å²) >= 11 is 6.16. The third kappa shape index (κ3) is 5.54. The van der Waals surface area contributed by atoms with Gasteiger partial charge in [0, 0.05) is 30.2 Å². The molecule has 1 heterocycles. The van der Waals surface area contributed by atoms with Crippen LogP contribution in [0, 0.1) is 6.92 Å². The lowest BCUT2D eigenvalue weighted by atomic mass is 9.96. The maximum Gasteiger partial charge on any atom is 0.251 e. The standard InChI is InChI=1S/C28H31ClN2O3/c1-19-24(8-5-9-25(19)29)28(32)30-16-20-6-4-7-22(14-20)23-12-13-31(18-23)17-21-10-11-26(33-2)27(15-21)34-3/h4-11,14-15,23H,12-13,16-18H2,1-3H3,(H,30,32). The number of carbonyl (C=O) groups excluding carboxylic acids is 1. The highest BCUT2D eigenvalue weighted by molar-refractivity contribution is 6.31. The van der Waals surface area contributed by atoms with Gasteiger partial charge in [0.2, 0.25) is 0 Å². The molecule has 0 radical (unpaired) electrons. The lowest BCUT2D eigenvalue weighted by Crippen LogP contribution is -2.23. The van der Waals surface area contributed by atoms with Gasteiger partial charge in [-0.1, -0.05) is 48.0 Å². The van der Waals surface area contributed by atoms with Crippen LogP contribution in [0.4, 0.5) is 0 Å². The molecule has 1 fully saturated rings. The molecule has 0 aromatic heterocycles. The highest BCUT2D eigenvalue weighted by atomic mass is 35.5. The Balaban J connectivity index is 1.36. The van der Waals surface area contributed by atoms with Crippen molar-refractivity contribution in [3.63, 3.8) is 0 Å². The zero-order valence-corrected chi connectivity index (χ0v) is 20.7. The zero-order chi connectivity index (χ0) is 24.1. The van der Waals surface area contributed by atoms with Crippen LogP contribution < -0.4 is 14.8 Å². The fourth-order valence-electron chi connectivity index (χ4n) is 4.57. The van der Waals surface area contributed by atoms with Gasteiger partial charge in [-0.05, 0) is 72.3 Å². The predicted molar refractivity (Wildman–Crippen MR) is 136 cm³/mol. The largest absolute Gasteiger partial charge is 0.493 e. The molecule has 3 aromatic carbocycles. The van der Waals surface area contributed by atoms with Crippen LogP contribution in [0.5, 0.6) is 11.5 Å². The van der Waals surface area contributed by atoms with Gasteiger partial charge in [0.15, 0.2) is 11.5 Å². The van der Waals surface area contributed by atoms with Crippen molar-refractivity contribution in [2.45, 2.75) is 32.4 Å². The fourth-order valence-corrected chi connectivity index (χ4v) is 4.75. The molecule has 1 unspecified atom stereocenters. The van der Waals surface area contributed by atoms with Gasteiger partial charge in [-0.2, -0.15) is 0 Å². The van der Waals surface area contributed by atoms with Crippen molar-refractivity contribution in [1.29, 1.82) is 0 Å². The molecule has 0 bridgehead atoms. The number of nitrogens with zero attached hydrogens (tertiary/aromatic N) is 1. The van der Waals surface area contributed by atoms with Gasteiger partial charge in [0.05, 0.1) is 14.2 Å². The number of benzene rings is 3. The van der Waals surface area contributed by atoms with Crippen LogP contribution >= 0.6 is 11.6 Å². The second-order valence-corrected chi connectivity index (χ2v) is 9.16. The first-order valence-electron chi connectivity index (χ1n) is 11.5. The van der Waals surface area contributed by atoms with Gasteiger partial charge in [0.25, 0.3) is 5.91 Å². The lowest BCUT2D eigenvalue weighted by Gasteiger charge is -2.18. The molecule has 1 saturated heterocycles. The average molecular weight is 479 g/mol. The summed E-state index contributed by atoms with van der Waals surface area (Å²) in [6.07, 6.45) is 1.12. The minimum atomic E-state index is -0.104. The third-order valence-corrected chi connectivity index (χ3v) is 6.92. The molecule has 178 valence electrons. The van der Waals surface area contributed by atoms with Gasteiger partial charge in [-0.15, -0.1) is 0 Å². The van der Waals surface area contributed by atoms with Gasteiger partial charge >= 0.3 is 0 Å². The molecular formula is C28H31ClN2O3. The van der Waals surface area contributed by atoms with E-state index in [0.717, 1.165) is 48.7 Å². The SMILES string of the molecule is COc1ccc(CN2CCC(c3cccc(CNC(=O)c4cccc(Cl)c4C)c3)C2)cc1OC. The number of nitrogens with one attached hydrogen (secondary N) is 1. The first kappa shape index (κ1) is 24.1. The molecule has 34 heavy (non-hydrogen) atoms. The predicted octanol–water partition coefficient (Wildman–Crippen LogP) is 5.59. The number of halogens is 1. The molecule has 1 N–H and O–H groups in total. The molecular weight excluding hydrogens is 448 g/mol. The van der Waals surface area contributed by atoms with E-state index in [4.69, 9.17) is 21.1 Å². The van der Waals surface area contributed by atoms with Gasteiger partial charge < -0.3 is 14.8 Å². The molecule has 0 spiro atoms. The maximum absolute atomic E-state index is 12.6. The Kier molecular flexibility index (Phi) is 7.76. The number of methoxy groups -OCH3 is 2. The van der Waals surface area contributed by atoms with Crippen molar-refractivity contribution >= 4 is 17.5 Å². The van der Waals surface area contributed by atoms with Crippen molar-refractivity contribution in [3.8, 4) is 11.5 Å². The normalized spacial score (nSPS) is 15.8. The molecule has 1 amide bonds. The number of ether oxygens (including phenoxy) is 2. The maximum atomic E-state index is 12.6. The monoisotopic (exact) mass is 478 g/mol. The van der Waals surface area contributed by atoms with Crippen LogP contribution in [0.15, 0.2) is 60.7 Å². The van der Waals surface area contributed by atoms with Crippen LogP contribution in [0.25, 0.3) is 0 Å². The van der Waals surface area contributed by atoms with Crippen molar-refractivity contribution in [1.82, 2.24) is 10.2 Å². The number of likely N-dealkylation sites (tertiary alicyclic amines) is 1. The Bertz CT molecular complexity index is 1160. The molecule has 3 aromatic rings.